The number of furan rings is 1. The first kappa shape index (κ1) is 26.2. The molecule has 2 aromatic carbocycles. The molecule has 7 nitrogen and oxygen atoms in total. The number of aldehydes is 1. The van der Waals surface area contributed by atoms with Crippen molar-refractivity contribution in [2.24, 2.45) is 0 Å². The van der Waals surface area contributed by atoms with Crippen molar-refractivity contribution in [2.45, 2.75) is 19.3 Å². The molecule has 1 saturated heterocycles. The Kier molecular flexibility index (Phi) is 9.02. The van der Waals surface area contributed by atoms with Gasteiger partial charge in [0.15, 0.2) is 12.0 Å². The van der Waals surface area contributed by atoms with Crippen LogP contribution < -0.4 is 4.74 Å². The average molecular weight is 512 g/mol. The molecule has 0 spiro atoms. The van der Waals surface area contributed by atoms with Gasteiger partial charge in [-0.3, -0.25) is 14.5 Å². The predicted octanol–water partition coefficient (Wildman–Crippen LogP) is 4.82. The van der Waals surface area contributed by atoms with Gasteiger partial charge >= 0.3 is 0 Å². The van der Waals surface area contributed by atoms with Crippen LogP contribution in [0.15, 0.2) is 46.9 Å². The van der Waals surface area contributed by atoms with Crippen molar-refractivity contribution < 1.29 is 18.7 Å². The number of hydrogen-bond acceptors (Lipinski definition) is 6. The number of carbonyl (C=O) groups is 2. The van der Waals surface area contributed by atoms with Crippen LogP contribution >= 0.6 is 11.6 Å². The van der Waals surface area contributed by atoms with Gasteiger partial charge in [-0.1, -0.05) is 23.7 Å². The summed E-state index contributed by atoms with van der Waals surface area (Å²) in [6.07, 6.45) is 3.94. The van der Waals surface area contributed by atoms with E-state index in [4.69, 9.17) is 20.8 Å². The van der Waals surface area contributed by atoms with E-state index in [1.54, 1.807) is 31.1 Å². The van der Waals surface area contributed by atoms with Gasteiger partial charge in [-0.05, 0) is 55.6 Å². The molecule has 0 saturated carbocycles. The fraction of sp³-hybridized carbons (Fsp3) is 0.429. The van der Waals surface area contributed by atoms with Crippen LogP contribution in [0.1, 0.15) is 29.8 Å². The smallest absolute Gasteiger partial charge is 0.236 e. The summed E-state index contributed by atoms with van der Waals surface area (Å²) in [5.41, 5.74) is 2.29. The van der Waals surface area contributed by atoms with Gasteiger partial charge in [0.1, 0.15) is 11.3 Å². The Balaban J connectivity index is 1.20. The largest absolute Gasteiger partial charge is 0.493 e. The highest BCUT2D eigenvalue weighted by atomic mass is 35.5. The summed E-state index contributed by atoms with van der Waals surface area (Å²) in [6.45, 7) is 6.16. The van der Waals surface area contributed by atoms with Crippen molar-refractivity contribution in [3.63, 3.8) is 0 Å². The third-order valence-corrected chi connectivity index (χ3v) is 6.89. The number of carbonyl (C=O) groups excluding carboxylic acids is 2. The number of amides is 1. The predicted molar refractivity (Wildman–Crippen MR) is 143 cm³/mol. The molecule has 0 aliphatic carbocycles. The van der Waals surface area contributed by atoms with E-state index in [1.807, 2.05) is 30.3 Å². The first-order valence-electron chi connectivity index (χ1n) is 12.5. The number of unbranched alkanes of at least 4 members (excludes halogenated alkanes) is 2. The molecule has 1 aliphatic heterocycles. The highest BCUT2D eigenvalue weighted by Gasteiger charge is 2.19. The van der Waals surface area contributed by atoms with Gasteiger partial charge in [-0.15, -0.1) is 0 Å². The Morgan fingerprint density at radius 1 is 1.03 bits per heavy atom. The summed E-state index contributed by atoms with van der Waals surface area (Å²) in [4.78, 5) is 29.9. The number of piperazine rings is 1. The second kappa shape index (κ2) is 12.4. The lowest BCUT2D eigenvalue weighted by Crippen LogP contribution is -2.49. The molecule has 0 radical (unpaired) electrons. The van der Waals surface area contributed by atoms with Gasteiger partial charge in [0.2, 0.25) is 5.91 Å². The molecule has 3 aromatic rings. The Labute approximate surface area is 217 Å². The monoisotopic (exact) mass is 511 g/mol. The molecule has 1 aliphatic rings. The fourth-order valence-corrected chi connectivity index (χ4v) is 4.62. The Hall–Kier alpha value is -2.87. The lowest BCUT2D eigenvalue weighted by molar-refractivity contribution is -0.130. The van der Waals surface area contributed by atoms with Gasteiger partial charge in [0, 0.05) is 62.3 Å². The Bertz CT molecular complexity index is 1170. The highest BCUT2D eigenvalue weighted by Crippen LogP contribution is 2.36. The van der Waals surface area contributed by atoms with Crippen LogP contribution in [-0.2, 0) is 4.79 Å². The summed E-state index contributed by atoms with van der Waals surface area (Å²) >= 11 is 6.01. The van der Waals surface area contributed by atoms with Gasteiger partial charge in [-0.2, -0.15) is 0 Å². The number of nitrogens with zero attached hydrogens (tertiary/aromatic N) is 3. The van der Waals surface area contributed by atoms with Crippen molar-refractivity contribution >= 4 is 34.8 Å². The number of likely N-dealkylation sites (N-methyl/N-ethyl adjacent to an activating group) is 1. The van der Waals surface area contributed by atoms with Gasteiger partial charge in [-0.25, -0.2) is 0 Å². The van der Waals surface area contributed by atoms with Crippen LogP contribution in [0.3, 0.4) is 0 Å². The quantitative estimate of drug-likeness (QED) is 0.271. The zero-order valence-electron chi connectivity index (χ0n) is 21.0. The third kappa shape index (κ3) is 6.66. The molecule has 36 heavy (non-hydrogen) atoms. The van der Waals surface area contributed by atoms with Crippen LogP contribution in [0.25, 0.3) is 22.1 Å². The molecule has 8 heteroatoms. The number of fused-ring (bicyclic) bond motifs is 1. The number of ether oxygens (including phenoxy) is 1. The summed E-state index contributed by atoms with van der Waals surface area (Å²) in [6, 6.07) is 13.1. The van der Waals surface area contributed by atoms with Crippen LogP contribution in [0.2, 0.25) is 5.02 Å². The van der Waals surface area contributed by atoms with Crippen molar-refractivity contribution in [1.29, 1.82) is 0 Å². The highest BCUT2D eigenvalue weighted by molar-refractivity contribution is 6.30. The van der Waals surface area contributed by atoms with E-state index >= 15 is 0 Å². The van der Waals surface area contributed by atoms with Crippen molar-refractivity contribution in [2.75, 3.05) is 60.0 Å². The van der Waals surface area contributed by atoms with E-state index in [2.05, 4.69) is 9.80 Å². The molecule has 0 bridgehead atoms. The average Bonchev–Trinajstić information content (AvgIpc) is 3.25. The van der Waals surface area contributed by atoms with Gasteiger partial charge in [0.05, 0.1) is 13.2 Å². The number of rotatable bonds is 11. The van der Waals surface area contributed by atoms with Crippen molar-refractivity contribution in [1.82, 2.24) is 14.7 Å². The minimum absolute atomic E-state index is 0.167. The molecule has 1 aromatic heterocycles. The van der Waals surface area contributed by atoms with E-state index in [0.717, 1.165) is 80.5 Å². The molecule has 0 atom stereocenters. The molecule has 2 heterocycles. The van der Waals surface area contributed by atoms with Crippen LogP contribution in [0, 0.1) is 0 Å². The second-order valence-electron chi connectivity index (χ2n) is 9.44. The number of halogens is 1. The lowest BCUT2D eigenvalue weighted by Gasteiger charge is -2.34. The summed E-state index contributed by atoms with van der Waals surface area (Å²) in [5.74, 6) is 1.20. The minimum Gasteiger partial charge on any atom is -0.493 e. The van der Waals surface area contributed by atoms with Gasteiger partial charge in [0.25, 0.3) is 0 Å². The number of hydrogen-bond donors (Lipinski definition) is 0. The van der Waals surface area contributed by atoms with E-state index in [9.17, 15) is 9.59 Å². The molecule has 0 N–H and O–H groups in total. The molecule has 4 rings (SSSR count). The summed E-state index contributed by atoms with van der Waals surface area (Å²) in [5, 5.41) is 1.52. The minimum atomic E-state index is 0.167. The maximum atomic E-state index is 11.9. The maximum Gasteiger partial charge on any atom is 0.236 e. The third-order valence-electron chi connectivity index (χ3n) is 6.64. The van der Waals surface area contributed by atoms with E-state index in [-0.39, 0.29) is 5.91 Å². The molecule has 1 fully saturated rings. The van der Waals surface area contributed by atoms with Crippen molar-refractivity contribution in [3.05, 3.63) is 53.2 Å². The first-order chi connectivity index (χ1) is 17.4. The molecule has 192 valence electrons. The SMILES string of the molecule is CN(C)C(=O)CN1CCN(CCCCCOc2ccc3c(-c4ccc(Cl)cc4)c(C=O)oc3c2)CC1. The molecular weight excluding hydrogens is 478 g/mol. The fourth-order valence-electron chi connectivity index (χ4n) is 4.49. The normalized spacial score (nSPS) is 14.8. The van der Waals surface area contributed by atoms with Crippen LogP contribution in [0.5, 0.6) is 5.75 Å². The Morgan fingerprint density at radius 2 is 1.75 bits per heavy atom. The Morgan fingerprint density at radius 3 is 2.44 bits per heavy atom. The van der Waals surface area contributed by atoms with E-state index in [1.165, 1.54) is 0 Å². The second-order valence-corrected chi connectivity index (χ2v) is 9.88. The zero-order chi connectivity index (χ0) is 25.5. The summed E-state index contributed by atoms with van der Waals surface area (Å²) < 4.78 is 11.8. The first-order valence-corrected chi connectivity index (χ1v) is 12.9. The van der Waals surface area contributed by atoms with E-state index < -0.39 is 0 Å². The number of benzene rings is 2. The topological polar surface area (TPSA) is 66.2 Å². The zero-order valence-corrected chi connectivity index (χ0v) is 21.8. The molecule has 0 unspecified atom stereocenters. The molecule has 1 amide bonds. The van der Waals surface area contributed by atoms with Gasteiger partial charge < -0.3 is 19.0 Å². The van der Waals surface area contributed by atoms with Crippen LogP contribution in [-0.4, -0.2) is 86.9 Å². The van der Waals surface area contributed by atoms with Crippen molar-refractivity contribution in [3.8, 4) is 16.9 Å². The molecular formula is C28H34ClN3O4. The van der Waals surface area contributed by atoms with E-state index in [0.29, 0.717) is 29.5 Å². The lowest BCUT2D eigenvalue weighted by atomic mass is 10.0. The standard InChI is InChI=1S/C28H34ClN3O4/c1-30(2)27(34)19-32-15-13-31(14-16-32)12-4-3-5-17-35-23-10-11-24-25(18-23)36-26(20-33)28(24)21-6-8-22(29)9-7-21/h6-11,18,20H,3-5,12-17,19H2,1-2H3. The maximum absolute atomic E-state index is 11.9. The summed E-state index contributed by atoms with van der Waals surface area (Å²) in [7, 11) is 3.61. The van der Waals surface area contributed by atoms with Crippen LogP contribution in [0.4, 0.5) is 0 Å².